The number of hydrogen-bond acceptors (Lipinski definition) is 4. The van der Waals surface area contributed by atoms with Crippen molar-refractivity contribution in [2.45, 2.75) is 38.8 Å². The Balaban J connectivity index is 1.86. The molecule has 0 radical (unpaired) electrons. The van der Waals surface area contributed by atoms with Crippen LogP contribution in [0.5, 0.6) is 5.75 Å². The van der Waals surface area contributed by atoms with E-state index in [1.807, 2.05) is 48.5 Å². The van der Waals surface area contributed by atoms with Crippen LogP contribution in [0, 0.1) is 0 Å². The Morgan fingerprint density at radius 3 is 2.28 bits per heavy atom. The van der Waals surface area contributed by atoms with Crippen LogP contribution in [-0.2, 0) is 21.5 Å². The van der Waals surface area contributed by atoms with E-state index in [0.717, 1.165) is 11.1 Å². The van der Waals surface area contributed by atoms with E-state index in [2.05, 4.69) is 20.8 Å². The molecule has 3 aromatic carbocycles. The molecule has 1 saturated heterocycles. The molecule has 4 rings (SSSR count). The Morgan fingerprint density at radius 1 is 0.972 bits per heavy atom. The Bertz CT molecular complexity index is 1360. The predicted octanol–water partition coefficient (Wildman–Crippen LogP) is 6.92. The number of nitrogens with zero attached hydrogens (tertiary/aromatic N) is 1. The average Bonchev–Trinajstić information content (AvgIpc) is 3.10. The number of hydrogen-bond donors (Lipinski definition) is 1. The second-order valence-corrected chi connectivity index (χ2v) is 10.6. The Kier molecular flexibility index (Phi) is 7.17. The van der Waals surface area contributed by atoms with Gasteiger partial charge >= 0.3 is 0 Å². The molecule has 1 unspecified atom stereocenters. The van der Waals surface area contributed by atoms with Crippen LogP contribution in [0.25, 0.3) is 5.76 Å². The molecule has 0 aromatic heterocycles. The normalized spacial score (nSPS) is 17.5. The number of amides is 1. The minimum atomic E-state index is -0.792. The third-order valence-electron chi connectivity index (χ3n) is 6.31. The van der Waals surface area contributed by atoms with Crippen LogP contribution in [0.2, 0.25) is 10.0 Å². The van der Waals surface area contributed by atoms with Crippen LogP contribution in [0.1, 0.15) is 49.1 Å². The second-order valence-electron chi connectivity index (χ2n) is 9.78. The molecular weight excluding hydrogens is 497 g/mol. The maximum absolute atomic E-state index is 13.3. The summed E-state index contributed by atoms with van der Waals surface area (Å²) in [5.74, 6) is -1.10. The fraction of sp³-hybridized carbons (Fsp3) is 0.241. The van der Waals surface area contributed by atoms with Gasteiger partial charge in [-0.25, -0.2) is 0 Å². The van der Waals surface area contributed by atoms with Crippen molar-refractivity contribution in [3.8, 4) is 5.75 Å². The van der Waals surface area contributed by atoms with Crippen LogP contribution in [0.3, 0.4) is 0 Å². The number of halogens is 2. The summed E-state index contributed by atoms with van der Waals surface area (Å²) in [6.07, 6.45) is 0. The van der Waals surface area contributed by atoms with Gasteiger partial charge < -0.3 is 14.7 Å². The van der Waals surface area contributed by atoms with Crippen LogP contribution >= 0.6 is 23.2 Å². The van der Waals surface area contributed by atoms with Gasteiger partial charge in [-0.1, -0.05) is 80.4 Å². The molecule has 36 heavy (non-hydrogen) atoms. The highest BCUT2D eigenvalue weighted by Gasteiger charge is 2.46. The Labute approximate surface area is 220 Å². The summed E-state index contributed by atoms with van der Waals surface area (Å²) >= 11 is 12.2. The molecular formula is C29H27Cl2NO4. The first kappa shape index (κ1) is 25.8. The summed E-state index contributed by atoms with van der Waals surface area (Å²) in [6.45, 7) is 6.50. The summed E-state index contributed by atoms with van der Waals surface area (Å²) in [5, 5.41) is 11.8. The number of rotatable bonds is 5. The van der Waals surface area contributed by atoms with Gasteiger partial charge in [0.25, 0.3) is 11.7 Å². The van der Waals surface area contributed by atoms with Crippen molar-refractivity contribution < 1.29 is 19.4 Å². The van der Waals surface area contributed by atoms with Gasteiger partial charge in [-0.2, -0.15) is 0 Å². The number of carbonyl (C=O) groups is 2. The van der Waals surface area contributed by atoms with Gasteiger partial charge in [-0.15, -0.1) is 0 Å². The highest BCUT2D eigenvalue weighted by molar-refractivity contribution is 6.46. The Morgan fingerprint density at radius 2 is 1.67 bits per heavy atom. The number of benzene rings is 3. The maximum Gasteiger partial charge on any atom is 0.295 e. The lowest BCUT2D eigenvalue weighted by molar-refractivity contribution is -0.140. The maximum atomic E-state index is 13.3. The van der Waals surface area contributed by atoms with Crippen molar-refractivity contribution in [3.05, 3.63) is 105 Å². The third-order valence-corrected chi connectivity index (χ3v) is 7.05. The van der Waals surface area contributed by atoms with Gasteiger partial charge in [0.2, 0.25) is 0 Å². The van der Waals surface area contributed by atoms with Gasteiger partial charge in [0.15, 0.2) is 0 Å². The molecule has 0 bridgehead atoms. The monoisotopic (exact) mass is 523 g/mol. The van der Waals surface area contributed by atoms with E-state index in [9.17, 15) is 14.7 Å². The molecule has 0 aliphatic carbocycles. The molecule has 7 heteroatoms. The molecule has 1 heterocycles. The minimum Gasteiger partial charge on any atom is -0.507 e. The zero-order valence-corrected chi connectivity index (χ0v) is 22.0. The summed E-state index contributed by atoms with van der Waals surface area (Å²) in [6, 6.07) is 18.9. The van der Waals surface area contributed by atoms with Crippen molar-refractivity contribution in [3.63, 3.8) is 0 Å². The molecule has 1 atom stereocenters. The number of carbonyl (C=O) groups excluding carboxylic acids is 2. The topological polar surface area (TPSA) is 66.8 Å². The zero-order chi connectivity index (χ0) is 26.2. The van der Waals surface area contributed by atoms with Gasteiger partial charge in [-0.3, -0.25) is 9.59 Å². The first-order chi connectivity index (χ1) is 17.0. The van der Waals surface area contributed by atoms with E-state index >= 15 is 0 Å². The standard InChI is InChI=1S/C29H27Cl2NO4/c1-29(2,3)20-11-8-18(9-12-20)25-24(26(33)19-10-13-22(30)23(31)15-19)27(34)28(35)32(25)16-17-6-5-7-21(14-17)36-4/h5-15,25,33H,16H2,1-4H3/b26-24-. The molecule has 1 aliphatic heterocycles. The molecule has 1 fully saturated rings. The SMILES string of the molecule is COc1cccc(CN2C(=O)C(=O)/C(=C(\O)c3ccc(Cl)c(Cl)c3)C2c2ccc(C(C)(C)C)cc2)c1. The zero-order valence-electron chi connectivity index (χ0n) is 20.5. The number of likely N-dealkylation sites (tertiary alicyclic amines) is 1. The fourth-order valence-electron chi connectivity index (χ4n) is 4.32. The van der Waals surface area contributed by atoms with E-state index in [1.54, 1.807) is 19.2 Å². The highest BCUT2D eigenvalue weighted by Crippen LogP contribution is 2.41. The van der Waals surface area contributed by atoms with E-state index in [-0.39, 0.29) is 28.3 Å². The number of ketones is 1. The van der Waals surface area contributed by atoms with E-state index in [0.29, 0.717) is 21.9 Å². The van der Waals surface area contributed by atoms with E-state index < -0.39 is 17.7 Å². The number of methoxy groups -OCH3 is 1. The predicted molar refractivity (Wildman–Crippen MR) is 142 cm³/mol. The van der Waals surface area contributed by atoms with Crippen molar-refractivity contribution >= 4 is 40.7 Å². The largest absolute Gasteiger partial charge is 0.507 e. The van der Waals surface area contributed by atoms with Crippen LogP contribution < -0.4 is 4.74 Å². The third kappa shape index (κ3) is 4.99. The second kappa shape index (κ2) is 10.00. The summed E-state index contributed by atoms with van der Waals surface area (Å²) in [7, 11) is 1.57. The van der Waals surface area contributed by atoms with Crippen molar-refractivity contribution in [2.24, 2.45) is 0 Å². The average molecular weight is 524 g/mol. The fourth-order valence-corrected chi connectivity index (χ4v) is 4.62. The number of ether oxygens (including phenoxy) is 1. The lowest BCUT2D eigenvalue weighted by Gasteiger charge is -2.27. The van der Waals surface area contributed by atoms with Crippen molar-refractivity contribution in [2.75, 3.05) is 7.11 Å². The van der Waals surface area contributed by atoms with Crippen LogP contribution in [0.4, 0.5) is 0 Å². The van der Waals surface area contributed by atoms with E-state index in [1.165, 1.54) is 11.0 Å². The lowest BCUT2D eigenvalue weighted by Crippen LogP contribution is -2.29. The quantitative estimate of drug-likeness (QED) is 0.224. The minimum absolute atomic E-state index is 0.00444. The first-order valence-corrected chi connectivity index (χ1v) is 12.2. The lowest BCUT2D eigenvalue weighted by atomic mass is 9.85. The summed E-state index contributed by atoms with van der Waals surface area (Å²) in [4.78, 5) is 28.1. The van der Waals surface area contributed by atoms with Gasteiger partial charge in [0.05, 0.1) is 28.8 Å². The van der Waals surface area contributed by atoms with Gasteiger partial charge in [0, 0.05) is 12.1 Å². The van der Waals surface area contributed by atoms with Gasteiger partial charge in [-0.05, 0) is 52.4 Å². The highest BCUT2D eigenvalue weighted by atomic mass is 35.5. The molecule has 5 nitrogen and oxygen atoms in total. The van der Waals surface area contributed by atoms with Gasteiger partial charge in [0.1, 0.15) is 11.5 Å². The molecule has 3 aromatic rings. The number of Topliss-reactive ketones (excluding diaryl/α,β-unsaturated/α-hetero) is 1. The van der Waals surface area contributed by atoms with E-state index in [4.69, 9.17) is 27.9 Å². The van der Waals surface area contributed by atoms with Crippen molar-refractivity contribution in [1.29, 1.82) is 0 Å². The molecule has 0 saturated carbocycles. The van der Waals surface area contributed by atoms with Crippen LogP contribution in [-0.4, -0.2) is 28.8 Å². The number of aliphatic hydroxyl groups excluding tert-OH is 1. The molecule has 186 valence electrons. The number of aliphatic hydroxyl groups is 1. The molecule has 1 amide bonds. The molecule has 1 N–H and O–H groups in total. The van der Waals surface area contributed by atoms with Crippen LogP contribution in [0.15, 0.2) is 72.3 Å². The van der Waals surface area contributed by atoms with Crippen molar-refractivity contribution in [1.82, 2.24) is 4.90 Å². The smallest absolute Gasteiger partial charge is 0.295 e. The summed E-state index contributed by atoms with van der Waals surface area (Å²) in [5.41, 5.74) is 2.86. The molecule has 0 spiro atoms. The first-order valence-electron chi connectivity index (χ1n) is 11.5. The Hall–Kier alpha value is -3.28. The summed E-state index contributed by atoms with van der Waals surface area (Å²) < 4.78 is 5.32. The molecule has 1 aliphatic rings.